The highest BCUT2D eigenvalue weighted by atomic mass is 35.5. The lowest BCUT2D eigenvalue weighted by atomic mass is 10.2. The van der Waals surface area contributed by atoms with Crippen molar-refractivity contribution in [3.63, 3.8) is 0 Å². The van der Waals surface area contributed by atoms with Crippen LogP contribution in [0.15, 0.2) is 18.2 Å². The third-order valence-corrected chi connectivity index (χ3v) is 2.99. The number of alkyl halides is 3. The van der Waals surface area contributed by atoms with Crippen molar-refractivity contribution < 1.29 is 23.1 Å². The zero-order chi connectivity index (χ0) is 16.2. The maximum atomic E-state index is 12.2. The SMILES string of the molecule is Cc1ccc(NC(=O)CN(C)CC(O)C(F)(F)F)c(Cl)c1. The number of aliphatic hydroxyl groups excluding tert-OH is 1. The van der Waals surface area contributed by atoms with Crippen LogP contribution < -0.4 is 5.32 Å². The second kappa shape index (κ2) is 7.11. The third-order valence-electron chi connectivity index (χ3n) is 2.67. The summed E-state index contributed by atoms with van der Waals surface area (Å²) in [5, 5.41) is 11.8. The molecule has 1 aromatic rings. The molecular formula is C13H16ClF3N2O2. The van der Waals surface area contributed by atoms with Gasteiger partial charge in [0.2, 0.25) is 5.91 Å². The summed E-state index contributed by atoms with van der Waals surface area (Å²) in [4.78, 5) is 12.8. The predicted octanol–water partition coefficient (Wildman–Crippen LogP) is 2.44. The summed E-state index contributed by atoms with van der Waals surface area (Å²) in [6, 6.07) is 5.02. The molecule has 0 saturated carbocycles. The van der Waals surface area contributed by atoms with Crippen LogP contribution in [-0.4, -0.2) is 48.3 Å². The van der Waals surface area contributed by atoms with Crippen LogP contribution in [0.3, 0.4) is 0 Å². The van der Waals surface area contributed by atoms with E-state index in [-0.39, 0.29) is 6.54 Å². The molecule has 2 N–H and O–H groups in total. The van der Waals surface area contributed by atoms with Gasteiger partial charge in [-0.05, 0) is 31.7 Å². The summed E-state index contributed by atoms with van der Waals surface area (Å²) in [6.45, 7) is 0.861. The Hall–Kier alpha value is -1.31. The summed E-state index contributed by atoms with van der Waals surface area (Å²) in [5.74, 6) is -0.516. The van der Waals surface area contributed by atoms with E-state index in [1.54, 1.807) is 18.2 Å². The maximum absolute atomic E-state index is 12.2. The molecule has 1 atom stereocenters. The number of nitrogens with one attached hydrogen (secondary N) is 1. The lowest BCUT2D eigenvalue weighted by Crippen LogP contribution is -2.42. The second-order valence-corrected chi connectivity index (χ2v) is 5.19. The molecule has 8 heteroatoms. The van der Waals surface area contributed by atoms with Crippen LogP contribution in [0.25, 0.3) is 0 Å². The molecule has 0 aliphatic heterocycles. The summed E-state index contributed by atoms with van der Waals surface area (Å²) in [5.41, 5.74) is 1.31. The van der Waals surface area contributed by atoms with Gasteiger partial charge in [-0.15, -0.1) is 0 Å². The highest BCUT2D eigenvalue weighted by molar-refractivity contribution is 6.33. The van der Waals surface area contributed by atoms with E-state index >= 15 is 0 Å². The van der Waals surface area contributed by atoms with Crippen LogP contribution in [0.1, 0.15) is 5.56 Å². The molecule has 0 radical (unpaired) electrons. The minimum absolute atomic E-state index is 0.294. The molecule has 0 aliphatic carbocycles. The van der Waals surface area contributed by atoms with Crippen molar-refractivity contribution in [3.8, 4) is 0 Å². The number of likely N-dealkylation sites (N-methyl/N-ethyl adjacent to an activating group) is 1. The maximum Gasteiger partial charge on any atom is 0.415 e. The van der Waals surface area contributed by atoms with Crippen LogP contribution in [-0.2, 0) is 4.79 Å². The number of amides is 1. The number of aliphatic hydroxyl groups is 1. The number of carbonyl (C=O) groups excluding carboxylic acids is 1. The third kappa shape index (κ3) is 5.91. The molecule has 118 valence electrons. The number of benzene rings is 1. The Balaban J connectivity index is 2.53. The van der Waals surface area contributed by atoms with E-state index in [1.807, 2.05) is 6.92 Å². The van der Waals surface area contributed by atoms with Gasteiger partial charge in [-0.2, -0.15) is 13.2 Å². The minimum atomic E-state index is -4.70. The number of hydrogen-bond donors (Lipinski definition) is 2. The minimum Gasteiger partial charge on any atom is -0.382 e. The monoisotopic (exact) mass is 324 g/mol. The molecule has 0 heterocycles. The number of carbonyl (C=O) groups is 1. The largest absolute Gasteiger partial charge is 0.415 e. The first-order valence-corrected chi connectivity index (χ1v) is 6.46. The molecule has 0 saturated heterocycles. The molecule has 4 nitrogen and oxygen atoms in total. The molecule has 0 aromatic heterocycles. The van der Waals surface area contributed by atoms with Gasteiger partial charge in [-0.25, -0.2) is 0 Å². The number of halogens is 4. The molecule has 0 spiro atoms. The molecule has 0 fully saturated rings. The Morgan fingerprint density at radius 3 is 2.62 bits per heavy atom. The lowest BCUT2D eigenvalue weighted by molar-refractivity contribution is -0.207. The van der Waals surface area contributed by atoms with E-state index < -0.39 is 24.7 Å². The van der Waals surface area contributed by atoms with Crippen LogP contribution in [0.2, 0.25) is 5.02 Å². The molecule has 1 amide bonds. The first-order valence-electron chi connectivity index (χ1n) is 6.09. The van der Waals surface area contributed by atoms with E-state index in [2.05, 4.69) is 5.32 Å². The smallest absolute Gasteiger partial charge is 0.382 e. The lowest BCUT2D eigenvalue weighted by Gasteiger charge is -2.21. The summed E-state index contributed by atoms with van der Waals surface area (Å²) in [6.07, 6.45) is -7.19. The van der Waals surface area contributed by atoms with Gasteiger partial charge >= 0.3 is 6.18 Å². The van der Waals surface area contributed by atoms with E-state index in [4.69, 9.17) is 16.7 Å². The quantitative estimate of drug-likeness (QED) is 0.874. The normalized spacial score (nSPS) is 13.3. The van der Waals surface area contributed by atoms with Gasteiger partial charge in [-0.3, -0.25) is 9.69 Å². The number of aryl methyl sites for hydroxylation is 1. The Morgan fingerprint density at radius 2 is 2.10 bits per heavy atom. The Kier molecular flexibility index (Phi) is 6.00. The molecular weight excluding hydrogens is 309 g/mol. The van der Waals surface area contributed by atoms with Gasteiger partial charge < -0.3 is 10.4 Å². The fourth-order valence-electron chi connectivity index (χ4n) is 1.62. The van der Waals surface area contributed by atoms with E-state index in [0.29, 0.717) is 10.7 Å². The first-order chi connectivity index (χ1) is 9.59. The molecule has 1 aromatic carbocycles. The van der Waals surface area contributed by atoms with Gasteiger partial charge in [0.15, 0.2) is 6.10 Å². The van der Waals surface area contributed by atoms with E-state index in [9.17, 15) is 18.0 Å². The van der Waals surface area contributed by atoms with Crippen LogP contribution in [0, 0.1) is 6.92 Å². The Labute approximate surface area is 125 Å². The van der Waals surface area contributed by atoms with Gasteiger partial charge in [0, 0.05) is 6.54 Å². The van der Waals surface area contributed by atoms with Crippen LogP contribution in [0.4, 0.5) is 18.9 Å². The second-order valence-electron chi connectivity index (χ2n) is 4.79. The van der Waals surface area contributed by atoms with Gasteiger partial charge in [0.1, 0.15) is 0 Å². The Bertz CT molecular complexity index is 509. The average Bonchev–Trinajstić information content (AvgIpc) is 2.31. The van der Waals surface area contributed by atoms with Gasteiger partial charge in [-0.1, -0.05) is 17.7 Å². The topological polar surface area (TPSA) is 52.6 Å². The Morgan fingerprint density at radius 1 is 1.48 bits per heavy atom. The molecule has 1 rings (SSSR count). The highest BCUT2D eigenvalue weighted by Crippen LogP contribution is 2.23. The number of nitrogens with zero attached hydrogens (tertiary/aromatic N) is 1. The van der Waals surface area contributed by atoms with Crippen molar-refractivity contribution >= 4 is 23.2 Å². The first kappa shape index (κ1) is 17.7. The molecule has 1 unspecified atom stereocenters. The summed E-state index contributed by atoms with van der Waals surface area (Å²) in [7, 11) is 1.31. The fraction of sp³-hybridized carbons (Fsp3) is 0.462. The summed E-state index contributed by atoms with van der Waals surface area (Å²) < 4.78 is 36.6. The number of anilines is 1. The number of rotatable bonds is 5. The van der Waals surface area contributed by atoms with Gasteiger partial charge in [0.05, 0.1) is 17.3 Å². The average molecular weight is 325 g/mol. The zero-order valence-electron chi connectivity index (χ0n) is 11.5. The van der Waals surface area contributed by atoms with Crippen molar-refractivity contribution in [2.45, 2.75) is 19.2 Å². The van der Waals surface area contributed by atoms with Crippen LogP contribution >= 0.6 is 11.6 Å². The van der Waals surface area contributed by atoms with Crippen molar-refractivity contribution in [1.82, 2.24) is 4.90 Å². The van der Waals surface area contributed by atoms with Crippen molar-refractivity contribution in [2.75, 3.05) is 25.5 Å². The van der Waals surface area contributed by atoms with E-state index in [0.717, 1.165) is 10.5 Å². The fourth-order valence-corrected chi connectivity index (χ4v) is 1.90. The highest BCUT2D eigenvalue weighted by Gasteiger charge is 2.38. The molecule has 0 bridgehead atoms. The van der Waals surface area contributed by atoms with Crippen molar-refractivity contribution in [3.05, 3.63) is 28.8 Å². The standard InChI is InChI=1S/C13H16ClF3N2O2/c1-8-3-4-10(9(14)5-8)18-12(21)7-19(2)6-11(20)13(15,16)17/h3-5,11,20H,6-7H2,1-2H3,(H,18,21). The van der Waals surface area contributed by atoms with Crippen LogP contribution in [0.5, 0.6) is 0 Å². The van der Waals surface area contributed by atoms with Crippen molar-refractivity contribution in [2.24, 2.45) is 0 Å². The van der Waals surface area contributed by atoms with Gasteiger partial charge in [0.25, 0.3) is 0 Å². The van der Waals surface area contributed by atoms with E-state index in [1.165, 1.54) is 7.05 Å². The molecule has 0 aliphatic rings. The summed E-state index contributed by atoms with van der Waals surface area (Å²) >= 11 is 5.94. The molecule has 21 heavy (non-hydrogen) atoms. The predicted molar refractivity (Wildman–Crippen MR) is 74.4 cm³/mol. The number of hydrogen-bond acceptors (Lipinski definition) is 3. The zero-order valence-corrected chi connectivity index (χ0v) is 12.3. The van der Waals surface area contributed by atoms with Crippen molar-refractivity contribution in [1.29, 1.82) is 0 Å².